The molecule has 0 radical (unpaired) electrons. The Morgan fingerprint density at radius 2 is 2.00 bits per heavy atom. The summed E-state index contributed by atoms with van der Waals surface area (Å²) in [6, 6.07) is 9.26. The van der Waals surface area contributed by atoms with E-state index in [0.29, 0.717) is 4.67 Å². The van der Waals surface area contributed by atoms with Gasteiger partial charge in [0, 0.05) is 11.6 Å². The van der Waals surface area contributed by atoms with E-state index in [2.05, 4.69) is 25.9 Å². The highest BCUT2D eigenvalue weighted by molar-refractivity contribution is 9.10. The molecule has 2 heterocycles. The molecule has 11 heteroatoms. The van der Waals surface area contributed by atoms with Crippen LogP contribution in [-0.4, -0.2) is 29.6 Å². The van der Waals surface area contributed by atoms with Gasteiger partial charge in [0.05, 0.1) is 29.5 Å². The van der Waals surface area contributed by atoms with Crippen LogP contribution in [0.5, 0.6) is 5.75 Å². The standard InChI is InChI=1S/C23H21BrFN5O4/c1-23(2,3)34-22(31)30-21(28)18-17(15-7-8-16(24)33-15)13(10-26)19(29-20(18)27)12-6-5-11(32-4)9-14(12)25/h5-9H,1-4H3,(H2,27,29)(H2,28,30,31). The van der Waals surface area contributed by atoms with Crippen LogP contribution in [0.15, 0.2) is 44.4 Å². The highest BCUT2D eigenvalue weighted by atomic mass is 79.9. The van der Waals surface area contributed by atoms with Crippen molar-refractivity contribution in [2.75, 3.05) is 12.8 Å². The lowest BCUT2D eigenvalue weighted by Crippen LogP contribution is -2.25. The summed E-state index contributed by atoms with van der Waals surface area (Å²) >= 11 is 3.21. The molecule has 1 amide bonds. The summed E-state index contributed by atoms with van der Waals surface area (Å²) in [4.78, 5) is 20.2. The number of hydrogen-bond acceptors (Lipinski definition) is 7. The number of nitrogens with zero attached hydrogens (tertiary/aromatic N) is 3. The summed E-state index contributed by atoms with van der Waals surface area (Å²) in [6.07, 6.45) is -0.959. The van der Waals surface area contributed by atoms with Crippen LogP contribution in [-0.2, 0) is 4.74 Å². The molecule has 3 aromatic rings. The maximum absolute atomic E-state index is 14.9. The number of anilines is 1. The third kappa shape index (κ3) is 5.18. The second-order valence-electron chi connectivity index (χ2n) is 8.01. The van der Waals surface area contributed by atoms with E-state index in [1.165, 1.54) is 19.2 Å². The lowest BCUT2D eigenvalue weighted by atomic mass is 9.94. The van der Waals surface area contributed by atoms with Crippen LogP contribution >= 0.6 is 15.9 Å². The number of rotatable bonds is 4. The zero-order chi connectivity index (χ0) is 25.2. The van der Waals surface area contributed by atoms with E-state index in [-0.39, 0.29) is 51.1 Å². The third-order valence-corrected chi connectivity index (χ3v) is 4.88. The second kappa shape index (κ2) is 9.52. The molecule has 0 saturated carbocycles. The molecule has 34 heavy (non-hydrogen) atoms. The van der Waals surface area contributed by atoms with Crippen molar-refractivity contribution >= 4 is 33.7 Å². The Bertz CT molecular complexity index is 1340. The van der Waals surface area contributed by atoms with E-state index < -0.39 is 17.5 Å². The fraction of sp³-hybridized carbons (Fsp3) is 0.217. The number of carbonyl (C=O) groups excluding carboxylic acids is 1. The van der Waals surface area contributed by atoms with Gasteiger partial charge in [-0.25, -0.2) is 14.2 Å². The number of aromatic nitrogens is 1. The van der Waals surface area contributed by atoms with Gasteiger partial charge in [-0.3, -0.25) is 0 Å². The van der Waals surface area contributed by atoms with E-state index in [0.717, 1.165) is 6.07 Å². The van der Waals surface area contributed by atoms with Crippen LogP contribution in [0.4, 0.5) is 15.0 Å². The Balaban J connectivity index is 2.32. The number of aliphatic imine (C=N–C) groups is 1. The molecule has 3 rings (SSSR count). The summed E-state index contributed by atoms with van der Waals surface area (Å²) < 4.78 is 31.1. The summed E-state index contributed by atoms with van der Waals surface area (Å²) in [5.41, 5.74) is 11.4. The number of hydrogen-bond donors (Lipinski definition) is 2. The molecule has 1 aromatic carbocycles. The van der Waals surface area contributed by atoms with Crippen LogP contribution in [0.3, 0.4) is 0 Å². The SMILES string of the molecule is COc1ccc(-c2nc(N)c(/C(N)=N/C(=O)OC(C)(C)C)c(-c3ccc(Br)o3)c2C#N)c(F)c1. The lowest BCUT2D eigenvalue weighted by molar-refractivity contribution is 0.0604. The van der Waals surface area contributed by atoms with Crippen molar-refractivity contribution in [3.05, 3.63) is 51.9 Å². The monoisotopic (exact) mass is 529 g/mol. The molecular weight excluding hydrogens is 509 g/mol. The predicted molar refractivity (Wildman–Crippen MR) is 128 cm³/mol. The maximum Gasteiger partial charge on any atom is 0.436 e. The number of nitrogen functional groups attached to an aromatic ring is 1. The number of benzene rings is 1. The minimum atomic E-state index is -0.959. The van der Waals surface area contributed by atoms with E-state index in [1.54, 1.807) is 32.9 Å². The Labute approximate surface area is 203 Å². The number of ether oxygens (including phenoxy) is 2. The first kappa shape index (κ1) is 24.7. The van der Waals surface area contributed by atoms with Gasteiger partial charge in [-0.1, -0.05) is 0 Å². The molecule has 0 aliphatic heterocycles. The highest BCUT2D eigenvalue weighted by Gasteiger charge is 2.27. The molecule has 0 bridgehead atoms. The quantitative estimate of drug-likeness (QED) is 0.353. The minimum absolute atomic E-state index is 0.00474. The molecule has 0 aliphatic rings. The number of furan rings is 1. The van der Waals surface area contributed by atoms with Gasteiger partial charge in [0.2, 0.25) is 0 Å². The van der Waals surface area contributed by atoms with Crippen LogP contribution in [0.2, 0.25) is 0 Å². The topological polar surface area (TPSA) is 150 Å². The van der Waals surface area contributed by atoms with E-state index in [9.17, 15) is 14.4 Å². The number of halogens is 2. The molecule has 0 aliphatic carbocycles. The van der Waals surface area contributed by atoms with Crippen molar-refractivity contribution in [3.63, 3.8) is 0 Å². The normalized spacial score (nSPS) is 11.7. The molecule has 0 fully saturated rings. The van der Waals surface area contributed by atoms with Crippen molar-refractivity contribution in [2.24, 2.45) is 10.7 Å². The van der Waals surface area contributed by atoms with Gasteiger partial charge in [-0.2, -0.15) is 10.3 Å². The fourth-order valence-corrected chi connectivity index (χ4v) is 3.42. The highest BCUT2D eigenvalue weighted by Crippen LogP contribution is 2.39. The van der Waals surface area contributed by atoms with Gasteiger partial charge in [0.1, 0.15) is 40.7 Å². The second-order valence-corrected chi connectivity index (χ2v) is 8.79. The van der Waals surface area contributed by atoms with Crippen LogP contribution in [0, 0.1) is 17.1 Å². The molecule has 9 nitrogen and oxygen atoms in total. The van der Waals surface area contributed by atoms with E-state index in [4.69, 9.17) is 25.4 Å². The molecule has 4 N–H and O–H groups in total. The van der Waals surface area contributed by atoms with Crippen LogP contribution in [0.25, 0.3) is 22.6 Å². The lowest BCUT2D eigenvalue weighted by Gasteiger charge is -2.18. The number of amides is 1. The molecule has 2 aromatic heterocycles. The Kier molecular flexibility index (Phi) is 6.93. The summed E-state index contributed by atoms with van der Waals surface area (Å²) in [5, 5.41) is 10.0. The number of methoxy groups -OCH3 is 1. The summed E-state index contributed by atoms with van der Waals surface area (Å²) in [6.45, 7) is 5.01. The first-order chi connectivity index (χ1) is 15.9. The summed E-state index contributed by atoms with van der Waals surface area (Å²) in [5.74, 6) is -0.771. The Morgan fingerprint density at radius 1 is 1.29 bits per heavy atom. The first-order valence-electron chi connectivity index (χ1n) is 9.86. The molecular formula is C23H21BrFN5O4. The summed E-state index contributed by atoms with van der Waals surface area (Å²) in [7, 11) is 1.40. The van der Waals surface area contributed by atoms with Gasteiger partial charge in [0.25, 0.3) is 0 Å². The zero-order valence-electron chi connectivity index (χ0n) is 18.8. The van der Waals surface area contributed by atoms with E-state index >= 15 is 0 Å². The van der Waals surface area contributed by atoms with Gasteiger partial charge in [0.15, 0.2) is 4.67 Å². The van der Waals surface area contributed by atoms with Crippen molar-refractivity contribution in [1.82, 2.24) is 4.98 Å². The molecule has 0 saturated heterocycles. The maximum atomic E-state index is 14.9. The number of carbonyl (C=O) groups is 1. The van der Waals surface area contributed by atoms with E-state index in [1.807, 2.05) is 6.07 Å². The van der Waals surface area contributed by atoms with Gasteiger partial charge in [-0.15, -0.1) is 0 Å². The van der Waals surface area contributed by atoms with Crippen molar-refractivity contribution in [3.8, 4) is 34.4 Å². The molecule has 0 atom stereocenters. The smallest absolute Gasteiger partial charge is 0.436 e. The van der Waals surface area contributed by atoms with Gasteiger partial charge in [-0.05, 0) is 61.0 Å². The van der Waals surface area contributed by atoms with Crippen LogP contribution < -0.4 is 16.2 Å². The molecule has 0 spiro atoms. The van der Waals surface area contributed by atoms with Crippen LogP contribution in [0.1, 0.15) is 31.9 Å². The Morgan fingerprint density at radius 3 is 2.53 bits per heavy atom. The Hall–Kier alpha value is -3.91. The number of amidine groups is 1. The minimum Gasteiger partial charge on any atom is -0.497 e. The fourth-order valence-electron chi connectivity index (χ4n) is 3.12. The predicted octanol–water partition coefficient (Wildman–Crippen LogP) is 5.01. The number of pyridine rings is 1. The number of nitriles is 1. The third-order valence-electron chi connectivity index (χ3n) is 4.45. The van der Waals surface area contributed by atoms with Crippen molar-refractivity contribution < 1.29 is 23.1 Å². The average Bonchev–Trinajstić information content (AvgIpc) is 3.17. The molecule has 176 valence electrons. The average molecular weight is 530 g/mol. The zero-order valence-corrected chi connectivity index (χ0v) is 20.4. The number of nitrogens with two attached hydrogens (primary N) is 2. The first-order valence-corrected chi connectivity index (χ1v) is 10.6. The van der Waals surface area contributed by atoms with Gasteiger partial charge < -0.3 is 25.4 Å². The van der Waals surface area contributed by atoms with Crippen molar-refractivity contribution in [2.45, 2.75) is 26.4 Å². The largest absolute Gasteiger partial charge is 0.497 e. The van der Waals surface area contributed by atoms with Gasteiger partial charge >= 0.3 is 6.09 Å². The van der Waals surface area contributed by atoms with Crippen molar-refractivity contribution in [1.29, 1.82) is 5.26 Å². The molecule has 0 unspecified atom stereocenters.